The number of fused-ring (bicyclic) bond motifs is 2. The van der Waals surface area contributed by atoms with E-state index in [0.717, 1.165) is 0 Å². The van der Waals surface area contributed by atoms with Gasteiger partial charge in [-0.25, -0.2) is 9.59 Å². The highest BCUT2D eigenvalue weighted by Crippen LogP contribution is 2.42. The molecule has 4 unspecified atom stereocenters. The molecule has 0 radical (unpaired) electrons. The Morgan fingerprint density at radius 1 is 0.744 bits per heavy atom. The molecule has 4 rings (SSSR count). The summed E-state index contributed by atoms with van der Waals surface area (Å²) in [5, 5.41) is 24.1. The number of hydrogen-bond acceptors (Lipinski definition) is 9. The van der Waals surface area contributed by atoms with Gasteiger partial charge in [0.15, 0.2) is 0 Å². The first-order valence-corrected chi connectivity index (χ1v) is 12.1. The van der Waals surface area contributed by atoms with Crippen molar-refractivity contribution in [2.24, 2.45) is 0 Å². The number of hydrogen-bond donors (Lipinski definition) is 2. The molecule has 2 aromatic carbocycles. The van der Waals surface area contributed by atoms with E-state index in [-0.39, 0.29) is 33.8 Å². The molecule has 4 atom stereocenters. The normalized spacial score (nSPS) is 14.5. The Hall–Kier alpha value is -4.18. The van der Waals surface area contributed by atoms with Crippen LogP contribution < -0.4 is 20.7 Å². The third-order valence-corrected chi connectivity index (χ3v) is 6.45. The number of aliphatic hydroxyl groups is 2. The lowest BCUT2D eigenvalue weighted by Gasteiger charge is -2.33. The fourth-order valence-corrected chi connectivity index (χ4v) is 4.51. The zero-order chi connectivity index (χ0) is 28.4. The van der Waals surface area contributed by atoms with Crippen molar-refractivity contribution in [3.8, 4) is 11.5 Å². The van der Waals surface area contributed by atoms with Crippen molar-refractivity contribution in [1.82, 2.24) is 0 Å². The highest BCUT2D eigenvalue weighted by atomic mass is 16.5. The first-order chi connectivity index (χ1) is 18.6. The van der Waals surface area contributed by atoms with Crippen LogP contribution in [0.1, 0.15) is 37.2 Å². The van der Waals surface area contributed by atoms with Crippen molar-refractivity contribution in [2.45, 2.75) is 38.3 Å². The molecule has 9 heteroatoms. The van der Waals surface area contributed by atoms with Gasteiger partial charge in [-0.3, -0.25) is 0 Å². The predicted molar refractivity (Wildman–Crippen MR) is 146 cm³/mol. The minimum Gasteiger partial charge on any atom is -0.496 e. The van der Waals surface area contributed by atoms with Gasteiger partial charge in [0.2, 0.25) is 0 Å². The van der Waals surface area contributed by atoms with Crippen molar-refractivity contribution in [3.63, 3.8) is 0 Å². The van der Waals surface area contributed by atoms with Crippen LogP contribution >= 0.6 is 0 Å². The third-order valence-electron chi connectivity index (χ3n) is 6.45. The summed E-state index contributed by atoms with van der Waals surface area (Å²) in [5.74, 6) is 0.538. The molecule has 0 aliphatic rings. The van der Waals surface area contributed by atoms with Crippen LogP contribution in [0.5, 0.6) is 11.5 Å². The van der Waals surface area contributed by atoms with Gasteiger partial charge in [-0.1, -0.05) is 13.2 Å². The minimum absolute atomic E-state index is 0.120. The smallest absolute Gasteiger partial charge is 0.336 e. The largest absolute Gasteiger partial charge is 0.496 e. The molecule has 2 heterocycles. The van der Waals surface area contributed by atoms with E-state index < -0.39 is 35.7 Å². The molecule has 204 valence electrons. The molecule has 9 nitrogen and oxygen atoms in total. The number of ether oxygens (including phenoxy) is 3. The van der Waals surface area contributed by atoms with Crippen molar-refractivity contribution in [2.75, 3.05) is 14.2 Å². The Balaban J connectivity index is 1.93. The fraction of sp³-hybridized carbons (Fsp3) is 0.267. The standard InChI is InChI=1S/C30H30O9/c1-15(2)25(33)30(24-20(36-6)12-8-18-10-14-22(32)38-29(18)24)39-27(16(3)4)26(34)23-19(35-5)11-7-17-9-13-21(31)37-28(17)23/h7-14,25-27,30,33-34H,1,3H2,2,4-6H3. The van der Waals surface area contributed by atoms with E-state index in [1.165, 1.54) is 26.4 Å². The molecule has 39 heavy (non-hydrogen) atoms. The van der Waals surface area contributed by atoms with Crippen LogP contribution in [0.3, 0.4) is 0 Å². The molecular weight excluding hydrogens is 504 g/mol. The second kappa shape index (κ2) is 11.3. The fourth-order valence-electron chi connectivity index (χ4n) is 4.51. The Kier molecular flexibility index (Phi) is 8.06. The van der Waals surface area contributed by atoms with E-state index in [1.807, 2.05) is 0 Å². The maximum absolute atomic E-state index is 12.2. The lowest BCUT2D eigenvalue weighted by Crippen LogP contribution is -2.32. The van der Waals surface area contributed by atoms with Crippen molar-refractivity contribution < 1.29 is 33.3 Å². The summed E-state index contributed by atoms with van der Waals surface area (Å²) < 4.78 is 28.5. The van der Waals surface area contributed by atoms with Crippen molar-refractivity contribution >= 4 is 21.9 Å². The van der Waals surface area contributed by atoms with Gasteiger partial charge >= 0.3 is 11.3 Å². The monoisotopic (exact) mass is 534 g/mol. The zero-order valence-electron chi connectivity index (χ0n) is 22.1. The van der Waals surface area contributed by atoms with E-state index in [2.05, 4.69) is 13.2 Å². The maximum atomic E-state index is 12.2. The van der Waals surface area contributed by atoms with Crippen LogP contribution in [0.25, 0.3) is 21.9 Å². The van der Waals surface area contributed by atoms with Gasteiger partial charge in [0, 0.05) is 22.9 Å². The predicted octanol–water partition coefficient (Wildman–Crippen LogP) is 4.59. The second-order valence-electron chi connectivity index (χ2n) is 9.27. The molecule has 0 aliphatic heterocycles. The Bertz CT molecular complexity index is 1660. The highest BCUT2D eigenvalue weighted by molar-refractivity contribution is 5.83. The number of rotatable bonds is 10. The maximum Gasteiger partial charge on any atom is 0.336 e. The van der Waals surface area contributed by atoms with Gasteiger partial charge in [0.05, 0.1) is 25.3 Å². The lowest BCUT2D eigenvalue weighted by atomic mass is 9.94. The Labute approximate surface area is 224 Å². The average molecular weight is 535 g/mol. The van der Waals surface area contributed by atoms with E-state index in [4.69, 9.17) is 23.0 Å². The lowest BCUT2D eigenvalue weighted by molar-refractivity contribution is -0.0969. The number of methoxy groups -OCH3 is 2. The van der Waals surface area contributed by atoms with Crippen LogP contribution in [0.4, 0.5) is 0 Å². The molecule has 0 amide bonds. The molecule has 0 aliphatic carbocycles. The molecule has 0 bridgehead atoms. The third kappa shape index (κ3) is 5.37. The summed E-state index contributed by atoms with van der Waals surface area (Å²) in [6.07, 6.45) is -5.16. The van der Waals surface area contributed by atoms with Gasteiger partial charge in [-0.15, -0.1) is 0 Å². The Morgan fingerprint density at radius 2 is 1.21 bits per heavy atom. The van der Waals surface area contributed by atoms with E-state index >= 15 is 0 Å². The first kappa shape index (κ1) is 27.8. The Morgan fingerprint density at radius 3 is 1.67 bits per heavy atom. The van der Waals surface area contributed by atoms with Gasteiger partial charge in [0.25, 0.3) is 0 Å². The molecule has 0 fully saturated rings. The zero-order valence-corrected chi connectivity index (χ0v) is 22.1. The summed E-state index contributed by atoms with van der Waals surface area (Å²) in [6, 6.07) is 12.4. The molecule has 2 aromatic heterocycles. The van der Waals surface area contributed by atoms with Gasteiger partial charge < -0.3 is 33.3 Å². The van der Waals surface area contributed by atoms with Crippen LogP contribution in [0.2, 0.25) is 0 Å². The van der Waals surface area contributed by atoms with Gasteiger partial charge in [-0.2, -0.15) is 0 Å². The highest BCUT2D eigenvalue weighted by Gasteiger charge is 2.36. The topological polar surface area (TPSA) is 129 Å². The van der Waals surface area contributed by atoms with Crippen LogP contribution in [-0.4, -0.2) is 36.6 Å². The molecule has 0 spiro atoms. The molecule has 0 saturated carbocycles. The van der Waals surface area contributed by atoms with Crippen LogP contribution in [0, 0.1) is 0 Å². The van der Waals surface area contributed by atoms with E-state index in [0.29, 0.717) is 21.9 Å². The SMILES string of the molecule is C=C(C)C(O)C(OC(C(=C)C)C(O)c1c(OC)ccc2ccc(=O)oc12)c1c(OC)ccc2ccc(=O)oc12. The molecule has 2 N–H and O–H groups in total. The quantitative estimate of drug-likeness (QED) is 0.222. The summed E-state index contributed by atoms with van der Waals surface area (Å²) in [6.45, 7) is 11.1. The molecule has 0 saturated heterocycles. The minimum atomic E-state index is -1.46. The van der Waals surface area contributed by atoms with E-state index in [1.54, 1.807) is 50.2 Å². The average Bonchev–Trinajstić information content (AvgIpc) is 2.91. The van der Waals surface area contributed by atoms with Crippen LogP contribution in [-0.2, 0) is 4.74 Å². The molecule has 4 aromatic rings. The van der Waals surface area contributed by atoms with E-state index in [9.17, 15) is 19.8 Å². The summed E-state index contributed by atoms with van der Waals surface area (Å²) >= 11 is 0. The number of benzene rings is 2. The first-order valence-electron chi connectivity index (χ1n) is 12.1. The second-order valence-corrected chi connectivity index (χ2v) is 9.27. The summed E-state index contributed by atoms with van der Waals surface area (Å²) in [4.78, 5) is 24.3. The van der Waals surface area contributed by atoms with Gasteiger partial charge in [-0.05, 0) is 61.4 Å². The van der Waals surface area contributed by atoms with Crippen molar-refractivity contribution in [1.29, 1.82) is 0 Å². The summed E-state index contributed by atoms with van der Waals surface area (Å²) in [5.41, 5.74) is 0.209. The van der Waals surface area contributed by atoms with Gasteiger partial charge in [0.1, 0.15) is 47.1 Å². The summed E-state index contributed by atoms with van der Waals surface area (Å²) in [7, 11) is 2.86. The van der Waals surface area contributed by atoms with Crippen molar-refractivity contribution in [3.05, 3.63) is 105 Å². The number of aliphatic hydroxyl groups excluding tert-OH is 2. The molecular formula is C30H30O9. The van der Waals surface area contributed by atoms with Crippen LogP contribution in [0.15, 0.2) is 91.3 Å².